The average Bonchev–Trinajstić information content (AvgIpc) is 2.89. The molecule has 0 amide bonds. The van der Waals surface area contributed by atoms with Crippen molar-refractivity contribution < 1.29 is 5.11 Å². The van der Waals surface area contributed by atoms with Gasteiger partial charge in [-0.2, -0.15) is 5.10 Å². The van der Waals surface area contributed by atoms with Crippen LogP contribution in [-0.2, 0) is 0 Å². The van der Waals surface area contributed by atoms with Crippen LogP contribution >= 0.6 is 12.2 Å². The molecule has 0 unspecified atom stereocenters. The number of aromatic amines is 1. The van der Waals surface area contributed by atoms with E-state index in [9.17, 15) is 5.11 Å². The summed E-state index contributed by atoms with van der Waals surface area (Å²) in [5, 5.41) is 22.6. The summed E-state index contributed by atoms with van der Waals surface area (Å²) in [7, 11) is 0. The maximum Gasteiger partial charge on any atom is 0.234 e. The fraction of sp³-hybridized carbons (Fsp3) is 0. The SMILES string of the molecule is Oc1[nH]c2ccccc2c1N=NC(=S)N/N=C/c1ccccc1. The Kier molecular flexibility index (Phi) is 4.39. The van der Waals surface area contributed by atoms with Gasteiger partial charge in [-0.3, -0.25) is 5.43 Å². The van der Waals surface area contributed by atoms with Gasteiger partial charge in [-0.05, 0) is 23.8 Å². The van der Waals surface area contributed by atoms with Crippen molar-refractivity contribution in [2.75, 3.05) is 0 Å². The zero-order valence-electron chi connectivity index (χ0n) is 12.0. The second kappa shape index (κ2) is 6.80. The summed E-state index contributed by atoms with van der Waals surface area (Å²) in [6.07, 6.45) is 1.63. The van der Waals surface area contributed by atoms with Gasteiger partial charge in [0.25, 0.3) is 0 Å². The van der Waals surface area contributed by atoms with Crippen molar-refractivity contribution in [3.05, 3.63) is 60.2 Å². The maximum atomic E-state index is 9.87. The first-order valence-electron chi connectivity index (χ1n) is 6.83. The first-order chi connectivity index (χ1) is 11.2. The van der Waals surface area contributed by atoms with E-state index in [2.05, 4.69) is 25.7 Å². The monoisotopic (exact) mass is 323 g/mol. The van der Waals surface area contributed by atoms with E-state index in [1.165, 1.54) is 0 Å². The van der Waals surface area contributed by atoms with Crippen LogP contribution in [0.2, 0.25) is 0 Å². The summed E-state index contributed by atoms with van der Waals surface area (Å²) in [6, 6.07) is 17.0. The molecule has 0 aliphatic rings. The topological polar surface area (TPSA) is 85.1 Å². The minimum atomic E-state index is -0.0504. The van der Waals surface area contributed by atoms with Crippen molar-refractivity contribution in [2.24, 2.45) is 15.3 Å². The van der Waals surface area contributed by atoms with E-state index in [1.807, 2.05) is 54.6 Å². The van der Waals surface area contributed by atoms with Gasteiger partial charge in [-0.25, -0.2) is 0 Å². The van der Waals surface area contributed by atoms with Crippen LogP contribution in [0.25, 0.3) is 10.9 Å². The summed E-state index contributed by atoms with van der Waals surface area (Å²) in [6.45, 7) is 0. The first kappa shape index (κ1) is 14.9. The molecule has 0 radical (unpaired) electrons. The van der Waals surface area contributed by atoms with Gasteiger partial charge in [0.15, 0.2) is 5.69 Å². The van der Waals surface area contributed by atoms with E-state index >= 15 is 0 Å². The number of azo groups is 1. The van der Waals surface area contributed by atoms with Gasteiger partial charge in [0.1, 0.15) is 0 Å². The number of hydrogen-bond acceptors (Lipinski definition) is 4. The van der Waals surface area contributed by atoms with E-state index in [0.717, 1.165) is 16.5 Å². The number of benzene rings is 2. The Morgan fingerprint density at radius 2 is 1.83 bits per heavy atom. The van der Waals surface area contributed by atoms with Gasteiger partial charge in [-0.1, -0.05) is 48.5 Å². The number of nitrogens with zero attached hydrogens (tertiary/aromatic N) is 3. The fourth-order valence-corrected chi connectivity index (χ4v) is 2.13. The van der Waals surface area contributed by atoms with Crippen LogP contribution in [0.15, 0.2) is 69.9 Å². The first-order valence-corrected chi connectivity index (χ1v) is 7.24. The lowest BCUT2D eigenvalue weighted by Gasteiger charge is -1.95. The summed E-state index contributed by atoms with van der Waals surface area (Å²) >= 11 is 5.03. The average molecular weight is 323 g/mol. The van der Waals surface area contributed by atoms with Gasteiger partial charge in [0.05, 0.1) is 11.7 Å². The van der Waals surface area contributed by atoms with E-state index in [4.69, 9.17) is 12.2 Å². The Morgan fingerprint density at radius 3 is 2.65 bits per heavy atom. The third-order valence-corrected chi connectivity index (χ3v) is 3.25. The van der Waals surface area contributed by atoms with Crippen molar-refractivity contribution in [2.45, 2.75) is 0 Å². The lowest BCUT2D eigenvalue weighted by atomic mass is 10.2. The molecular formula is C16H13N5OS. The summed E-state index contributed by atoms with van der Waals surface area (Å²) < 4.78 is 0. The fourth-order valence-electron chi connectivity index (χ4n) is 2.03. The van der Waals surface area contributed by atoms with Gasteiger partial charge in [-0.15, -0.1) is 10.2 Å². The molecule has 23 heavy (non-hydrogen) atoms. The second-order valence-electron chi connectivity index (χ2n) is 4.65. The largest absolute Gasteiger partial charge is 0.493 e. The maximum absolute atomic E-state index is 9.87. The van der Waals surface area contributed by atoms with E-state index in [-0.39, 0.29) is 11.0 Å². The Balaban J connectivity index is 1.68. The number of rotatable bonds is 3. The summed E-state index contributed by atoms with van der Waals surface area (Å²) in [4.78, 5) is 2.82. The molecule has 0 bridgehead atoms. The second-order valence-corrected chi connectivity index (χ2v) is 5.04. The minimum absolute atomic E-state index is 0.0504. The van der Waals surface area contributed by atoms with Crippen LogP contribution < -0.4 is 5.43 Å². The van der Waals surface area contributed by atoms with Gasteiger partial charge < -0.3 is 10.1 Å². The van der Waals surface area contributed by atoms with Gasteiger partial charge in [0.2, 0.25) is 11.0 Å². The molecule has 0 fully saturated rings. The molecule has 6 nitrogen and oxygen atoms in total. The molecule has 3 rings (SSSR count). The van der Waals surface area contributed by atoms with E-state index in [1.54, 1.807) is 6.21 Å². The Morgan fingerprint density at radius 1 is 1.09 bits per heavy atom. The zero-order valence-corrected chi connectivity index (χ0v) is 12.8. The molecule has 0 saturated carbocycles. The molecule has 0 spiro atoms. The number of hydrazone groups is 1. The molecule has 3 aromatic rings. The third-order valence-electron chi connectivity index (χ3n) is 3.07. The number of H-pyrrole nitrogens is 1. The van der Waals surface area contributed by atoms with Crippen LogP contribution in [0.3, 0.4) is 0 Å². The molecule has 0 atom stereocenters. The standard InChI is InChI=1S/C16H13N5OS/c22-15-14(12-8-4-5-9-13(12)18-15)19-21-16(23)20-17-10-11-6-2-1-3-7-11/h1-10,18,22H,(H,20,23)/b17-10+,21-19?. The Bertz CT molecular complexity index is 886. The highest BCUT2D eigenvalue weighted by atomic mass is 32.1. The van der Waals surface area contributed by atoms with Crippen LogP contribution in [0.4, 0.5) is 5.69 Å². The molecule has 7 heteroatoms. The quantitative estimate of drug-likeness (QED) is 0.296. The zero-order chi connectivity index (χ0) is 16.1. The lowest BCUT2D eigenvalue weighted by Crippen LogP contribution is -2.11. The molecule has 0 aliphatic carbocycles. The van der Waals surface area contributed by atoms with Gasteiger partial charge >= 0.3 is 0 Å². The number of aromatic nitrogens is 1. The van der Waals surface area contributed by atoms with Crippen LogP contribution in [0, 0.1) is 0 Å². The molecule has 1 aromatic heterocycles. The van der Waals surface area contributed by atoms with Crippen molar-refractivity contribution in [1.29, 1.82) is 0 Å². The van der Waals surface area contributed by atoms with Crippen molar-refractivity contribution in [3.8, 4) is 5.88 Å². The highest BCUT2D eigenvalue weighted by Gasteiger charge is 2.09. The number of para-hydroxylation sites is 1. The molecule has 3 N–H and O–H groups in total. The molecule has 1 heterocycles. The Labute approximate surface area is 137 Å². The predicted molar refractivity (Wildman–Crippen MR) is 94.2 cm³/mol. The lowest BCUT2D eigenvalue weighted by molar-refractivity contribution is 0.459. The van der Waals surface area contributed by atoms with E-state index < -0.39 is 0 Å². The predicted octanol–water partition coefficient (Wildman–Crippen LogP) is 3.87. The summed E-state index contributed by atoms with van der Waals surface area (Å²) in [5.74, 6) is -0.0504. The van der Waals surface area contributed by atoms with Crippen molar-refractivity contribution >= 4 is 40.1 Å². The molecule has 2 aromatic carbocycles. The van der Waals surface area contributed by atoms with Crippen LogP contribution in [0.1, 0.15) is 5.56 Å². The van der Waals surface area contributed by atoms with Crippen LogP contribution in [-0.4, -0.2) is 21.4 Å². The highest BCUT2D eigenvalue weighted by Crippen LogP contribution is 2.35. The van der Waals surface area contributed by atoms with Crippen molar-refractivity contribution in [3.63, 3.8) is 0 Å². The molecule has 0 aliphatic heterocycles. The van der Waals surface area contributed by atoms with E-state index in [0.29, 0.717) is 5.69 Å². The highest BCUT2D eigenvalue weighted by molar-refractivity contribution is 7.80. The normalized spacial score (nSPS) is 11.5. The van der Waals surface area contributed by atoms with Crippen LogP contribution in [0.5, 0.6) is 5.88 Å². The number of thiocarbonyl (C=S) groups is 1. The minimum Gasteiger partial charge on any atom is -0.493 e. The molecule has 0 saturated heterocycles. The summed E-state index contributed by atoms with van der Waals surface area (Å²) in [5.41, 5.74) is 4.67. The van der Waals surface area contributed by atoms with Gasteiger partial charge in [0, 0.05) is 5.39 Å². The number of fused-ring (bicyclic) bond motifs is 1. The number of hydrogen-bond donors (Lipinski definition) is 3. The number of aromatic hydroxyl groups is 1. The third kappa shape index (κ3) is 3.58. The smallest absolute Gasteiger partial charge is 0.234 e. The van der Waals surface area contributed by atoms with Crippen molar-refractivity contribution in [1.82, 2.24) is 10.4 Å². The number of nitrogens with one attached hydrogen (secondary N) is 2. The Hall–Kier alpha value is -3.06. The molecular weight excluding hydrogens is 310 g/mol. The molecule has 114 valence electrons.